The van der Waals surface area contributed by atoms with Crippen molar-refractivity contribution in [2.75, 3.05) is 0 Å². The van der Waals surface area contributed by atoms with E-state index < -0.39 is 5.97 Å². The minimum Gasteiger partial charge on any atom is -0.481 e. The Morgan fingerprint density at radius 1 is 0.968 bits per heavy atom. The molecule has 0 bridgehead atoms. The van der Waals surface area contributed by atoms with Crippen molar-refractivity contribution in [2.24, 2.45) is 46.3 Å². The van der Waals surface area contributed by atoms with Crippen molar-refractivity contribution in [3.63, 3.8) is 0 Å². The zero-order chi connectivity index (χ0) is 23.4. The van der Waals surface area contributed by atoms with Gasteiger partial charge in [0, 0.05) is 18.8 Å². The summed E-state index contributed by atoms with van der Waals surface area (Å²) in [7, 11) is 0. The smallest absolute Gasteiger partial charge is 0.303 e. The molecule has 31 heavy (non-hydrogen) atoms. The topological polar surface area (TPSA) is 54.4 Å². The molecule has 3 heteroatoms. The van der Waals surface area contributed by atoms with Gasteiger partial charge < -0.3 is 5.11 Å². The molecule has 4 fully saturated rings. The fourth-order valence-corrected chi connectivity index (χ4v) is 8.49. The fraction of sp³-hybridized carbons (Fsp3) is 0.929. The molecule has 0 amide bonds. The minimum atomic E-state index is -0.677. The number of rotatable bonds is 4. The summed E-state index contributed by atoms with van der Waals surface area (Å²) in [5, 5.41) is 9.08. The van der Waals surface area contributed by atoms with E-state index in [-0.39, 0.29) is 11.8 Å². The molecule has 4 saturated carbocycles. The van der Waals surface area contributed by atoms with Gasteiger partial charge in [0.15, 0.2) is 0 Å². The van der Waals surface area contributed by atoms with Crippen LogP contribution in [-0.2, 0) is 9.59 Å². The van der Waals surface area contributed by atoms with Crippen molar-refractivity contribution < 1.29 is 14.7 Å². The van der Waals surface area contributed by atoms with E-state index in [4.69, 9.17) is 5.11 Å². The third-order valence-electron chi connectivity index (χ3n) is 9.96. The summed E-state index contributed by atoms with van der Waals surface area (Å²) >= 11 is 0. The van der Waals surface area contributed by atoms with Crippen LogP contribution in [0.15, 0.2) is 0 Å². The molecule has 3 nitrogen and oxygen atoms in total. The maximum absolute atomic E-state index is 13.3. The summed E-state index contributed by atoms with van der Waals surface area (Å²) in [6.07, 6.45) is 12.0. The van der Waals surface area contributed by atoms with Gasteiger partial charge in [-0.15, -0.1) is 0 Å². The van der Waals surface area contributed by atoms with Gasteiger partial charge in [0.1, 0.15) is 5.78 Å². The van der Waals surface area contributed by atoms with Crippen LogP contribution in [0.3, 0.4) is 0 Å². The van der Waals surface area contributed by atoms with Crippen molar-refractivity contribution >= 4 is 11.8 Å². The van der Waals surface area contributed by atoms with Crippen LogP contribution in [0.5, 0.6) is 0 Å². The second-order valence-electron chi connectivity index (χ2n) is 11.0. The van der Waals surface area contributed by atoms with Gasteiger partial charge in [0.25, 0.3) is 0 Å². The van der Waals surface area contributed by atoms with Gasteiger partial charge in [0.2, 0.25) is 0 Å². The van der Waals surface area contributed by atoms with Gasteiger partial charge in [-0.05, 0) is 85.4 Å². The molecule has 0 saturated heterocycles. The summed E-state index contributed by atoms with van der Waals surface area (Å²) in [5.74, 6) is 3.02. The molecule has 0 spiro atoms. The molecule has 8 atom stereocenters. The van der Waals surface area contributed by atoms with Gasteiger partial charge in [-0.25, -0.2) is 0 Å². The SMILES string of the molecule is CC.CC.C[C@H](CCC(=O)O)C1CCC2C3C(=O)CC4CCCCC4(C)C3CCC21C. The van der Waals surface area contributed by atoms with Crippen LogP contribution in [-0.4, -0.2) is 16.9 Å². The first-order valence-electron chi connectivity index (χ1n) is 13.5. The van der Waals surface area contributed by atoms with E-state index >= 15 is 0 Å². The molecule has 0 heterocycles. The van der Waals surface area contributed by atoms with Crippen LogP contribution < -0.4 is 0 Å². The van der Waals surface area contributed by atoms with Gasteiger partial charge in [-0.2, -0.15) is 0 Å². The highest BCUT2D eigenvalue weighted by Crippen LogP contribution is 2.67. The van der Waals surface area contributed by atoms with E-state index in [1.165, 1.54) is 51.4 Å². The summed E-state index contributed by atoms with van der Waals surface area (Å²) in [5.41, 5.74) is 0.637. The number of hydrogen-bond donors (Lipinski definition) is 1. The quantitative estimate of drug-likeness (QED) is 0.491. The van der Waals surface area contributed by atoms with E-state index in [9.17, 15) is 9.59 Å². The van der Waals surface area contributed by atoms with Gasteiger partial charge in [-0.3, -0.25) is 9.59 Å². The number of fused-ring (bicyclic) bond motifs is 5. The van der Waals surface area contributed by atoms with Crippen LogP contribution in [0, 0.1) is 46.3 Å². The lowest BCUT2D eigenvalue weighted by Gasteiger charge is -2.60. The summed E-state index contributed by atoms with van der Waals surface area (Å²) in [4.78, 5) is 24.4. The van der Waals surface area contributed by atoms with Gasteiger partial charge in [0.05, 0.1) is 0 Å². The molecular weight excluding hydrogens is 384 g/mol. The first-order chi connectivity index (χ1) is 14.8. The van der Waals surface area contributed by atoms with Crippen LogP contribution in [0.2, 0.25) is 0 Å². The Labute approximate surface area is 192 Å². The monoisotopic (exact) mass is 434 g/mol. The third kappa shape index (κ3) is 4.76. The predicted octanol–water partition coefficient (Wildman–Crippen LogP) is 7.77. The first-order valence-corrected chi connectivity index (χ1v) is 13.5. The average Bonchev–Trinajstić information content (AvgIpc) is 3.12. The lowest BCUT2D eigenvalue weighted by molar-refractivity contribution is -0.156. The fourth-order valence-electron chi connectivity index (χ4n) is 8.49. The number of carboxylic acid groups (broad SMARTS) is 1. The molecule has 1 N–H and O–H groups in total. The second-order valence-corrected chi connectivity index (χ2v) is 11.0. The standard InChI is InChI=1S/C24H38O3.2C2H6/c1-15(7-10-21(26)27)17-8-9-18-22-19(11-13-24(17,18)3)23(2)12-5-4-6-16(23)14-20(22)25;2*1-2/h15-19,22H,4-14H2,1-3H3,(H,26,27);2*1-2H3/t15-,16?,17?,18?,19?,22?,23?,24?;;/m1../s1. The zero-order valence-electron chi connectivity index (χ0n) is 21.5. The van der Waals surface area contributed by atoms with E-state index in [0.29, 0.717) is 46.7 Å². The van der Waals surface area contributed by atoms with E-state index in [1.54, 1.807) is 0 Å². The predicted molar refractivity (Wildman–Crippen MR) is 129 cm³/mol. The molecule has 4 aliphatic rings. The van der Waals surface area contributed by atoms with Gasteiger partial charge >= 0.3 is 5.97 Å². The third-order valence-corrected chi connectivity index (χ3v) is 9.96. The average molecular weight is 435 g/mol. The number of carbonyl (C=O) groups is 2. The normalized spacial score (nSPS) is 41.9. The van der Waals surface area contributed by atoms with E-state index in [2.05, 4.69) is 20.8 Å². The van der Waals surface area contributed by atoms with Crippen LogP contribution in [0.25, 0.3) is 0 Å². The van der Waals surface area contributed by atoms with E-state index in [1.807, 2.05) is 27.7 Å². The lowest BCUT2D eigenvalue weighted by Crippen LogP contribution is -2.56. The highest BCUT2D eigenvalue weighted by atomic mass is 16.4. The van der Waals surface area contributed by atoms with Crippen LogP contribution in [0.4, 0.5) is 0 Å². The molecule has 0 aromatic carbocycles. The molecular formula is C28H50O3. The Balaban J connectivity index is 0.000000807. The Morgan fingerprint density at radius 2 is 1.61 bits per heavy atom. The number of hydrogen-bond acceptors (Lipinski definition) is 2. The molecule has 180 valence electrons. The highest BCUT2D eigenvalue weighted by molar-refractivity contribution is 5.83. The molecule has 7 unspecified atom stereocenters. The summed E-state index contributed by atoms with van der Waals surface area (Å²) in [6.45, 7) is 15.2. The number of ketones is 1. The van der Waals surface area contributed by atoms with Crippen LogP contribution >= 0.6 is 0 Å². The number of aliphatic carboxylic acids is 1. The van der Waals surface area contributed by atoms with E-state index in [0.717, 1.165) is 12.8 Å². The number of Topliss-reactive ketones (excluding diaryl/α,β-unsaturated/α-hetero) is 1. The molecule has 0 radical (unpaired) electrons. The highest BCUT2D eigenvalue weighted by Gasteiger charge is 2.62. The molecule has 0 aromatic heterocycles. The zero-order valence-corrected chi connectivity index (χ0v) is 21.5. The number of carbonyl (C=O) groups excluding carboxylic acids is 1. The molecule has 4 rings (SSSR count). The molecule has 4 aliphatic carbocycles. The van der Waals surface area contributed by atoms with Crippen LogP contribution in [0.1, 0.15) is 119 Å². The Morgan fingerprint density at radius 3 is 2.26 bits per heavy atom. The summed E-state index contributed by atoms with van der Waals surface area (Å²) < 4.78 is 0. The lowest BCUT2D eigenvalue weighted by atomic mass is 9.44. The first kappa shape index (κ1) is 26.4. The minimum absolute atomic E-state index is 0.243. The van der Waals surface area contributed by atoms with Crippen molar-refractivity contribution in [2.45, 2.75) is 119 Å². The van der Waals surface area contributed by atoms with Crippen molar-refractivity contribution in [1.29, 1.82) is 0 Å². The number of carboxylic acids is 1. The van der Waals surface area contributed by atoms with Gasteiger partial charge in [-0.1, -0.05) is 61.3 Å². The Kier molecular flexibility index (Phi) is 9.23. The largest absolute Gasteiger partial charge is 0.481 e. The van der Waals surface area contributed by atoms with Crippen molar-refractivity contribution in [3.05, 3.63) is 0 Å². The summed E-state index contributed by atoms with van der Waals surface area (Å²) in [6, 6.07) is 0. The molecule has 0 aliphatic heterocycles. The Hall–Kier alpha value is -0.860. The van der Waals surface area contributed by atoms with Crippen molar-refractivity contribution in [3.8, 4) is 0 Å². The maximum atomic E-state index is 13.3. The Bertz CT molecular complexity index is 613. The molecule has 0 aromatic rings. The maximum Gasteiger partial charge on any atom is 0.303 e. The van der Waals surface area contributed by atoms with Crippen molar-refractivity contribution in [1.82, 2.24) is 0 Å². The second kappa shape index (κ2) is 10.8.